The second kappa shape index (κ2) is 8.62. The first-order valence-corrected chi connectivity index (χ1v) is 9.90. The first-order chi connectivity index (χ1) is 13.4. The fourth-order valence-corrected chi connectivity index (χ4v) is 3.72. The Morgan fingerprint density at radius 1 is 1.32 bits per heavy atom. The summed E-state index contributed by atoms with van der Waals surface area (Å²) in [5.41, 5.74) is 2.58. The zero-order valence-corrected chi connectivity index (χ0v) is 17.8. The summed E-state index contributed by atoms with van der Waals surface area (Å²) in [5.74, 6) is 0.0926. The van der Waals surface area contributed by atoms with Gasteiger partial charge in [0.25, 0.3) is 5.91 Å². The molecule has 0 saturated carbocycles. The van der Waals surface area contributed by atoms with E-state index < -0.39 is 6.04 Å². The summed E-state index contributed by atoms with van der Waals surface area (Å²) in [7, 11) is 0. The molecular weight excluding hydrogens is 442 g/mol. The van der Waals surface area contributed by atoms with Gasteiger partial charge in [-0.05, 0) is 71.8 Å². The van der Waals surface area contributed by atoms with Crippen LogP contribution in [-0.4, -0.2) is 22.7 Å². The van der Waals surface area contributed by atoms with Gasteiger partial charge in [0, 0.05) is 11.4 Å². The van der Waals surface area contributed by atoms with Crippen LogP contribution in [0.2, 0.25) is 0 Å². The molecule has 0 aromatic heterocycles. The molecule has 1 unspecified atom stereocenters. The number of allylic oxidation sites excluding steroid dienone is 1. The van der Waals surface area contributed by atoms with E-state index >= 15 is 0 Å². The smallest absolute Gasteiger partial charge is 0.255 e. The van der Waals surface area contributed by atoms with Crippen molar-refractivity contribution in [2.45, 2.75) is 19.9 Å². The van der Waals surface area contributed by atoms with E-state index in [0.29, 0.717) is 38.9 Å². The van der Waals surface area contributed by atoms with E-state index in [0.717, 1.165) is 5.56 Å². The molecule has 4 N–H and O–H groups in total. The molecule has 0 saturated heterocycles. The number of phenols is 1. The van der Waals surface area contributed by atoms with Crippen LogP contribution in [0.5, 0.6) is 11.5 Å². The Kier molecular flexibility index (Phi) is 6.21. The second-order valence-electron chi connectivity index (χ2n) is 6.17. The lowest BCUT2D eigenvalue weighted by molar-refractivity contribution is -0.113. The molecule has 1 aliphatic heterocycles. The minimum atomic E-state index is -0.506. The normalized spacial score (nSPS) is 16.2. The molecule has 1 amide bonds. The van der Waals surface area contributed by atoms with Gasteiger partial charge in [-0.3, -0.25) is 4.79 Å². The zero-order chi connectivity index (χ0) is 20.3. The topological polar surface area (TPSA) is 82.6 Å². The number of para-hydroxylation sites is 1. The largest absolute Gasteiger partial charge is 0.503 e. The Hall–Kier alpha value is -2.58. The Balaban J connectivity index is 2.01. The highest BCUT2D eigenvalue weighted by atomic mass is 79.9. The Morgan fingerprint density at radius 3 is 2.71 bits per heavy atom. The molecule has 6 nitrogen and oxygen atoms in total. The van der Waals surface area contributed by atoms with E-state index in [2.05, 4.69) is 31.9 Å². The third-order valence-electron chi connectivity index (χ3n) is 4.23. The molecule has 2 aromatic rings. The van der Waals surface area contributed by atoms with Gasteiger partial charge in [-0.2, -0.15) is 0 Å². The number of thiocarbonyl (C=S) groups is 1. The van der Waals surface area contributed by atoms with Crippen LogP contribution >= 0.6 is 28.1 Å². The Morgan fingerprint density at radius 2 is 2.04 bits per heavy atom. The predicted octanol–water partition coefficient (Wildman–Crippen LogP) is 3.98. The molecule has 0 spiro atoms. The number of amides is 1. The number of halogens is 1. The van der Waals surface area contributed by atoms with Crippen molar-refractivity contribution >= 4 is 44.9 Å². The van der Waals surface area contributed by atoms with E-state index in [1.165, 1.54) is 0 Å². The van der Waals surface area contributed by atoms with Gasteiger partial charge in [0.1, 0.15) is 0 Å². The van der Waals surface area contributed by atoms with Crippen molar-refractivity contribution in [2.75, 3.05) is 11.9 Å². The van der Waals surface area contributed by atoms with Gasteiger partial charge in [-0.15, -0.1) is 0 Å². The first kappa shape index (κ1) is 20.2. The number of carbonyl (C=O) groups is 1. The van der Waals surface area contributed by atoms with Gasteiger partial charge in [0.2, 0.25) is 0 Å². The van der Waals surface area contributed by atoms with Crippen LogP contribution in [0.3, 0.4) is 0 Å². The van der Waals surface area contributed by atoms with Gasteiger partial charge in [-0.1, -0.05) is 18.2 Å². The summed E-state index contributed by atoms with van der Waals surface area (Å²) in [4.78, 5) is 13.0. The number of anilines is 1. The van der Waals surface area contributed by atoms with Crippen LogP contribution < -0.4 is 20.7 Å². The summed E-state index contributed by atoms with van der Waals surface area (Å²) in [6, 6.07) is 12.2. The first-order valence-electron chi connectivity index (χ1n) is 8.70. The molecule has 2 aromatic carbocycles. The summed E-state index contributed by atoms with van der Waals surface area (Å²) in [5, 5.41) is 19.7. The fourth-order valence-electron chi connectivity index (χ4n) is 2.99. The van der Waals surface area contributed by atoms with Crippen LogP contribution in [0, 0.1) is 0 Å². The van der Waals surface area contributed by atoms with Gasteiger partial charge < -0.3 is 25.8 Å². The maximum absolute atomic E-state index is 13.0. The fraction of sp³-hybridized carbons (Fsp3) is 0.200. The molecule has 0 bridgehead atoms. The molecule has 0 fully saturated rings. The number of rotatable bonds is 5. The lowest BCUT2D eigenvalue weighted by Crippen LogP contribution is -2.45. The van der Waals surface area contributed by atoms with Gasteiger partial charge >= 0.3 is 0 Å². The zero-order valence-electron chi connectivity index (χ0n) is 15.4. The third-order valence-corrected chi connectivity index (χ3v) is 5.05. The minimum absolute atomic E-state index is 0.0121. The van der Waals surface area contributed by atoms with Crippen LogP contribution in [0.15, 0.2) is 58.2 Å². The summed E-state index contributed by atoms with van der Waals surface area (Å²) < 4.78 is 5.99. The number of carbonyl (C=O) groups excluding carboxylic acids is 1. The molecule has 3 rings (SSSR count). The summed E-state index contributed by atoms with van der Waals surface area (Å²) >= 11 is 8.64. The maximum atomic E-state index is 13.0. The van der Waals surface area contributed by atoms with Crippen LogP contribution in [0.25, 0.3) is 0 Å². The molecule has 1 heterocycles. The van der Waals surface area contributed by atoms with Crippen molar-refractivity contribution in [3.8, 4) is 11.5 Å². The SMILES string of the molecule is CCOc1cc(C2NC(=S)NC(C)=C2C(=O)Nc2ccccc2)cc(Br)c1O. The quantitative estimate of drug-likeness (QED) is 0.504. The van der Waals surface area contributed by atoms with Crippen LogP contribution in [0.4, 0.5) is 5.69 Å². The number of ether oxygens (including phenoxy) is 1. The number of nitrogens with one attached hydrogen (secondary N) is 3. The van der Waals surface area contributed by atoms with Crippen molar-refractivity contribution in [3.63, 3.8) is 0 Å². The van der Waals surface area contributed by atoms with E-state index in [9.17, 15) is 9.90 Å². The monoisotopic (exact) mass is 461 g/mol. The van der Waals surface area contributed by atoms with E-state index in [1.807, 2.05) is 37.3 Å². The van der Waals surface area contributed by atoms with Crippen LogP contribution in [0.1, 0.15) is 25.5 Å². The summed E-state index contributed by atoms with van der Waals surface area (Å²) in [6.07, 6.45) is 0. The highest BCUT2D eigenvalue weighted by molar-refractivity contribution is 9.10. The highest BCUT2D eigenvalue weighted by Gasteiger charge is 2.31. The molecule has 1 aliphatic rings. The highest BCUT2D eigenvalue weighted by Crippen LogP contribution is 2.39. The van der Waals surface area contributed by atoms with Crippen molar-refractivity contribution in [1.29, 1.82) is 0 Å². The summed E-state index contributed by atoms with van der Waals surface area (Å²) in [6.45, 7) is 4.04. The lowest BCUT2D eigenvalue weighted by Gasteiger charge is -2.30. The Bertz CT molecular complexity index is 947. The average molecular weight is 462 g/mol. The molecular formula is C20H20BrN3O3S. The van der Waals surface area contributed by atoms with Crippen LogP contribution in [-0.2, 0) is 4.79 Å². The van der Waals surface area contributed by atoms with Crippen molar-refractivity contribution in [2.24, 2.45) is 0 Å². The number of hydrogen-bond acceptors (Lipinski definition) is 4. The predicted molar refractivity (Wildman–Crippen MR) is 116 cm³/mol. The molecule has 0 aliphatic carbocycles. The number of benzene rings is 2. The lowest BCUT2D eigenvalue weighted by atomic mass is 9.94. The van der Waals surface area contributed by atoms with Gasteiger partial charge in [0.05, 0.1) is 22.7 Å². The van der Waals surface area contributed by atoms with Crippen molar-refractivity contribution in [1.82, 2.24) is 10.6 Å². The average Bonchev–Trinajstić information content (AvgIpc) is 2.65. The van der Waals surface area contributed by atoms with E-state index in [-0.39, 0.29) is 11.7 Å². The second-order valence-corrected chi connectivity index (χ2v) is 7.44. The molecule has 8 heteroatoms. The van der Waals surface area contributed by atoms with Crippen molar-refractivity contribution < 1.29 is 14.6 Å². The minimum Gasteiger partial charge on any atom is -0.503 e. The molecule has 0 radical (unpaired) electrons. The van der Waals surface area contributed by atoms with E-state index in [1.54, 1.807) is 19.1 Å². The van der Waals surface area contributed by atoms with Crippen molar-refractivity contribution in [3.05, 3.63) is 63.8 Å². The number of phenolic OH excluding ortho intramolecular Hbond substituents is 1. The van der Waals surface area contributed by atoms with Gasteiger partial charge in [-0.25, -0.2) is 0 Å². The Labute approximate surface area is 177 Å². The third kappa shape index (κ3) is 4.28. The standard InChI is InChI=1S/C20H20BrN3O3S/c1-3-27-15-10-12(9-14(21)18(15)25)17-16(11(2)22-20(28)24-17)19(26)23-13-7-5-4-6-8-13/h4-10,17,25H,3H2,1-2H3,(H,23,26)(H2,22,24,28). The number of hydrogen-bond donors (Lipinski definition) is 4. The molecule has 28 heavy (non-hydrogen) atoms. The maximum Gasteiger partial charge on any atom is 0.255 e. The molecule has 146 valence electrons. The van der Waals surface area contributed by atoms with Gasteiger partial charge in [0.15, 0.2) is 16.6 Å². The molecule has 1 atom stereocenters. The van der Waals surface area contributed by atoms with E-state index in [4.69, 9.17) is 17.0 Å². The number of aromatic hydroxyl groups is 1.